The number of rotatable bonds is 4. The Morgan fingerprint density at radius 1 is 0.912 bits per heavy atom. The predicted molar refractivity (Wildman–Crippen MR) is 140 cm³/mol. The Balaban J connectivity index is 1.46. The molecule has 0 spiro atoms. The number of nitrogens with zero attached hydrogens (tertiary/aromatic N) is 1. The van der Waals surface area contributed by atoms with Crippen LogP contribution in [0.4, 0.5) is 11.4 Å². The summed E-state index contributed by atoms with van der Waals surface area (Å²) in [6.07, 6.45) is 0.880. The van der Waals surface area contributed by atoms with Gasteiger partial charge in [0, 0.05) is 22.9 Å². The first-order valence-corrected chi connectivity index (χ1v) is 12.8. The van der Waals surface area contributed by atoms with Crippen molar-refractivity contribution in [2.45, 2.75) is 33.9 Å². The van der Waals surface area contributed by atoms with Gasteiger partial charge < -0.3 is 5.32 Å². The van der Waals surface area contributed by atoms with Crippen LogP contribution in [0.1, 0.15) is 29.5 Å². The molecule has 0 unspecified atom stereocenters. The largest absolute Gasteiger partial charge is 0.378 e. The molecule has 6 heteroatoms. The van der Waals surface area contributed by atoms with E-state index in [1.54, 1.807) is 23.9 Å². The Labute approximate surface area is 207 Å². The summed E-state index contributed by atoms with van der Waals surface area (Å²) in [4.78, 5) is 12.0. The van der Waals surface area contributed by atoms with E-state index in [9.17, 15) is 10.1 Å². The van der Waals surface area contributed by atoms with E-state index in [1.807, 2.05) is 18.2 Å². The summed E-state index contributed by atoms with van der Waals surface area (Å²) in [5.74, 6) is 0.429. The Morgan fingerprint density at radius 3 is 2.47 bits per heavy atom. The van der Waals surface area contributed by atoms with Gasteiger partial charge in [-0.15, -0.1) is 23.4 Å². The number of para-hydroxylation sites is 1. The van der Waals surface area contributed by atoms with Crippen LogP contribution in [0.25, 0.3) is 10.8 Å². The van der Waals surface area contributed by atoms with E-state index in [2.05, 4.69) is 66.0 Å². The van der Waals surface area contributed by atoms with Crippen molar-refractivity contribution in [3.05, 3.63) is 112 Å². The molecule has 0 saturated heterocycles. The fourth-order valence-corrected chi connectivity index (χ4v) is 7.69. The van der Waals surface area contributed by atoms with E-state index in [-0.39, 0.29) is 39.1 Å². The molecule has 1 heterocycles. The molecule has 5 atom stereocenters. The number of halogens is 1. The van der Waals surface area contributed by atoms with Gasteiger partial charge in [-0.1, -0.05) is 72.8 Å². The molecule has 6 rings (SSSR count). The highest BCUT2D eigenvalue weighted by Crippen LogP contribution is 2.59. The zero-order valence-electron chi connectivity index (χ0n) is 18.3. The Kier molecular flexibility index (Phi) is 5.47. The standard InChI is InChI=1S/C28H23ClN2O2S/c29-27-24(34-23-13-7-6-12-22(23)31(32)33)16-20-26(27)25-19-11-5-4-8-17(19)14-15-21(25)30-28(20)18-9-2-1-3-10-18/h1-15,20,24,26-28,30H,16H2/t20-,24-,26-,27-,28+/m0/s1. The zero-order valence-corrected chi connectivity index (χ0v) is 19.9. The molecule has 4 aromatic rings. The monoisotopic (exact) mass is 486 g/mol. The maximum absolute atomic E-state index is 11.6. The van der Waals surface area contributed by atoms with Crippen molar-refractivity contribution in [1.29, 1.82) is 0 Å². The lowest BCUT2D eigenvalue weighted by Gasteiger charge is -2.39. The fourth-order valence-electron chi connectivity index (χ4n) is 5.76. The van der Waals surface area contributed by atoms with E-state index in [4.69, 9.17) is 11.6 Å². The number of thioether (sulfide) groups is 1. The van der Waals surface area contributed by atoms with Crippen LogP contribution < -0.4 is 5.32 Å². The number of hydrogen-bond donors (Lipinski definition) is 1. The summed E-state index contributed by atoms with van der Waals surface area (Å²) < 4.78 is 0. The van der Waals surface area contributed by atoms with Gasteiger partial charge in [0.15, 0.2) is 0 Å². The number of nitro benzene ring substituents is 1. The highest BCUT2D eigenvalue weighted by atomic mass is 35.5. The van der Waals surface area contributed by atoms with Gasteiger partial charge in [0.2, 0.25) is 0 Å². The zero-order chi connectivity index (χ0) is 23.2. The van der Waals surface area contributed by atoms with Gasteiger partial charge in [-0.2, -0.15) is 0 Å². The number of alkyl halides is 1. The van der Waals surface area contributed by atoms with Crippen LogP contribution in [0.2, 0.25) is 0 Å². The van der Waals surface area contributed by atoms with Gasteiger partial charge in [-0.05, 0) is 46.4 Å². The van der Waals surface area contributed by atoms with Gasteiger partial charge in [-0.3, -0.25) is 10.1 Å². The average molecular weight is 487 g/mol. The lowest BCUT2D eigenvalue weighted by atomic mass is 9.75. The molecule has 34 heavy (non-hydrogen) atoms. The molecular formula is C28H23ClN2O2S. The molecule has 1 N–H and O–H groups in total. The second-order valence-electron chi connectivity index (χ2n) is 9.03. The normalized spacial score (nSPS) is 25.4. The number of hydrogen-bond acceptors (Lipinski definition) is 4. The summed E-state index contributed by atoms with van der Waals surface area (Å²) in [6, 6.07) is 30.5. The summed E-state index contributed by atoms with van der Waals surface area (Å²) >= 11 is 8.85. The molecule has 1 saturated carbocycles. The van der Waals surface area contributed by atoms with Crippen molar-refractivity contribution in [3.8, 4) is 0 Å². The van der Waals surface area contributed by atoms with Crippen LogP contribution in [0, 0.1) is 16.0 Å². The number of anilines is 1. The first-order chi connectivity index (χ1) is 16.6. The van der Waals surface area contributed by atoms with E-state index >= 15 is 0 Å². The molecule has 0 bridgehead atoms. The average Bonchev–Trinajstić information content (AvgIpc) is 3.19. The molecule has 1 aliphatic heterocycles. The quantitative estimate of drug-likeness (QED) is 0.182. The van der Waals surface area contributed by atoms with Crippen molar-refractivity contribution in [2.75, 3.05) is 5.32 Å². The SMILES string of the molecule is O=[N+]([O-])c1ccccc1S[C@H]1C[C@H]2[C@@H](c3c(ccc4ccccc34)N[C@@H]2c2ccccc2)[C@H]1Cl. The van der Waals surface area contributed by atoms with E-state index < -0.39 is 0 Å². The molecule has 1 aliphatic carbocycles. The van der Waals surface area contributed by atoms with Crippen LogP contribution in [0.3, 0.4) is 0 Å². The minimum absolute atomic E-state index is 0.0655. The minimum atomic E-state index is -0.301. The highest BCUT2D eigenvalue weighted by molar-refractivity contribution is 8.00. The van der Waals surface area contributed by atoms with E-state index in [1.165, 1.54) is 21.9 Å². The van der Waals surface area contributed by atoms with Crippen molar-refractivity contribution >= 4 is 45.5 Å². The lowest BCUT2D eigenvalue weighted by Crippen LogP contribution is -2.31. The van der Waals surface area contributed by atoms with Crippen LogP contribution in [0.5, 0.6) is 0 Å². The number of benzene rings is 4. The maximum Gasteiger partial charge on any atom is 0.282 e. The third-order valence-electron chi connectivity index (χ3n) is 7.21. The van der Waals surface area contributed by atoms with Gasteiger partial charge >= 0.3 is 0 Å². The van der Waals surface area contributed by atoms with Crippen LogP contribution in [0.15, 0.2) is 95.9 Å². The Bertz CT molecular complexity index is 1380. The third kappa shape index (κ3) is 3.55. The molecule has 0 aromatic heterocycles. The molecule has 170 valence electrons. The predicted octanol–water partition coefficient (Wildman–Crippen LogP) is 7.79. The maximum atomic E-state index is 11.6. The van der Waals surface area contributed by atoms with Crippen molar-refractivity contribution in [2.24, 2.45) is 5.92 Å². The van der Waals surface area contributed by atoms with Gasteiger partial charge in [-0.25, -0.2) is 0 Å². The molecular weight excluding hydrogens is 464 g/mol. The summed E-state index contributed by atoms with van der Waals surface area (Å²) in [7, 11) is 0. The van der Waals surface area contributed by atoms with Crippen molar-refractivity contribution in [3.63, 3.8) is 0 Å². The van der Waals surface area contributed by atoms with Crippen LogP contribution in [-0.4, -0.2) is 15.6 Å². The second kappa shape index (κ2) is 8.64. The Hall–Kier alpha value is -3.02. The molecule has 0 radical (unpaired) electrons. The third-order valence-corrected chi connectivity index (χ3v) is 9.32. The summed E-state index contributed by atoms with van der Waals surface area (Å²) in [5.41, 5.74) is 3.81. The topological polar surface area (TPSA) is 55.2 Å². The smallest absolute Gasteiger partial charge is 0.282 e. The van der Waals surface area contributed by atoms with Gasteiger partial charge in [0.05, 0.1) is 21.2 Å². The van der Waals surface area contributed by atoms with E-state index in [0.29, 0.717) is 4.90 Å². The van der Waals surface area contributed by atoms with E-state index in [0.717, 1.165) is 12.1 Å². The molecule has 1 fully saturated rings. The first-order valence-electron chi connectivity index (χ1n) is 11.5. The number of nitrogens with one attached hydrogen (secondary N) is 1. The summed E-state index contributed by atoms with van der Waals surface area (Å²) in [6.45, 7) is 0. The van der Waals surface area contributed by atoms with Crippen LogP contribution >= 0.6 is 23.4 Å². The minimum Gasteiger partial charge on any atom is -0.378 e. The molecule has 4 nitrogen and oxygen atoms in total. The fraction of sp³-hybridized carbons (Fsp3) is 0.214. The number of fused-ring (bicyclic) bond motifs is 5. The van der Waals surface area contributed by atoms with Gasteiger partial charge in [0.25, 0.3) is 5.69 Å². The molecule has 4 aromatic carbocycles. The van der Waals surface area contributed by atoms with Gasteiger partial charge in [0.1, 0.15) is 0 Å². The summed E-state index contributed by atoms with van der Waals surface area (Å²) in [5, 5.41) is 17.8. The number of nitro groups is 1. The highest BCUT2D eigenvalue weighted by Gasteiger charge is 2.50. The second-order valence-corrected chi connectivity index (χ2v) is 10.8. The van der Waals surface area contributed by atoms with Crippen LogP contribution in [-0.2, 0) is 0 Å². The first kappa shape index (κ1) is 21.5. The lowest BCUT2D eigenvalue weighted by molar-refractivity contribution is -0.387. The molecule has 2 aliphatic rings. The van der Waals surface area contributed by atoms with Crippen molar-refractivity contribution in [1.82, 2.24) is 0 Å². The van der Waals surface area contributed by atoms with Crippen molar-refractivity contribution < 1.29 is 4.92 Å². The Morgan fingerprint density at radius 2 is 1.65 bits per heavy atom. The molecule has 0 amide bonds.